The number of hydrogen-bond acceptors (Lipinski definition) is 4. The number of nitrogens with one attached hydrogen (secondary N) is 1. The number of aliphatic hydroxyl groups excluding tert-OH is 1. The van der Waals surface area contributed by atoms with E-state index in [4.69, 9.17) is 4.74 Å². The van der Waals surface area contributed by atoms with Gasteiger partial charge in [0.1, 0.15) is 0 Å². The van der Waals surface area contributed by atoms with E-state index in [1.165, 1.54) is 24.8 Å². The minimum absolute atomic E-state index is 0.358. The molecule has 1 aliphatic carbocycles. The largest absolute Gasteiger partial charge is 0.389 e. The van der Waals surface area contributed by atoms with Gasteiger partial charge in [0.05, 0.1) is 24.5 Å². The highest BCUT2D eigenvalue weighted by Crippen LogP contribution is 2.20. The molecule has 1 saturated carbocycles. The molecule has 20 heavy (non-hydrogen) atoms. The molecule has 112 valence electrons. The van der Waals surface area contributed by atoms with Gasteiger partial charge in [-0.3, -0.25) is 4.98 Å². The molecule has 1 heterocycles. The average Bonchev–Trinajstić information content (AvgIpc) is 2.48. The first-order valence-corrected chi connectivity index (χ1v) is 7.66. The summed E-state index contributed by atoms with van der Waals surface area (Å²) < 4.78 is 5.77. The van der Waals surface area contributed by atoms with Gasteiger partial charge in [0.15, 0.2) is 0 Å². The van der Waals surface area contributed by atoms with Gasteiger partial charge >= 0.3 is 0 Å². The second-order valence-electron chi connectivity index (χ2n) is 5.65. The molecule has 2 rings (SSSR count). The Kier molecular flexibility index (Phi) is 6.43. The normalized spacial score (nSPS) is 18.1. The molecule has 0 amide bonds. The van der Waals surface area contributed by atoms with Crippen molar-refractivity contribution in [2.45, 2.75) is 57.8 Å². The molecule has 0 saturated heterocycles. The minimum atomic E-state index is -0.444. The summed E-state index contributed by atoms with van der Waals surface area (Å²) in [6.45, 7) is 3.71. The van der Waals surface area contributed by atoms with Crippen molar-refractivity contribution >= 4 is 0 Å². The lowest BCUT2D eigenvalue weighted by Gasteiger charge is -2.23. The first kappa shape index (κ1) is 15.4. The Morgan fingerprint density at radius 2 is 2.20 bits per heavy atom. The summed E-state index contributed by atoms with van der Waals surface area (Å²) >= 11 is 0. The van der Waals surface area contributed by atoms with E-state index in [9.17, 15) is 5.11 Å². The van der Waals surface area contributed by atoms with Crippen LogP contribution in [0.25, 0.3) is 0 Å². The van der Waals surface area contributed by atoms with Crippen molar-refractivity contribution < 1.29 is 9.84 Å². The summed E-state index contributed by atoms with van der Waals surface area (Å²) in [4.78, 5) is 4.32. The first-order chi connectivity index (χ1) is 9.75. The first-order valence-electron chi connectivity index (χ1n) is 7.66. The van der Waals surface area contributed by atoms with Crippen LogP contribution in [0.1, 0.15) is 43.4 Å². The highest BCUT2D eigenvalue weighted by Gasteiger charge is 2.15. The van der Waals surface area contributed by atoms with Crippen molar-refractivity contribution in [3.63, 3.8) is 0 Å². The van der Waals surface area contributed by atoms with Crippen LogP contribution in [0, 0.1) is 6.92 Å². The quantitative estimate of drug-likeness (QED) is 0.803. The van der Waals surface area contributed by atoms with Crippen molar-refractivity contribution in [3.05, 3.63) is 29.6 Å². The molecule has 0 bridgehead atoms. The molecule has 1 aromatic heterocycles. The molecule has 1 aliphatic rings. The van der Waals surface area contributed by atoms with E-state index in [1.54, 1.807) is 6.20 Å². The molecule has 1 unspecified atom stereocenters. The zero-order valence-corrected chi connectivity index (χ0v) is 12.3. The summed E-state index contributed by atoms with van der Waals surface area (Å²) in [6.07, 6.45) is 7.86. The smallest absolute Gasteiger partial charge is 0.0897 e. The van der Waals surface area contributed by atoms with Gasteiger partial charge in [-0.1, -0.05) is 25.3 Å². The Morgan fingerprint density at radius 3 is 2.95 bits per heavy atom. The number of ether oxygens (including phenoxy) is 1. The van der Waals surface area contributed by atoms with Gasteiger partial charge in [0.2, 0.25) is 0 Å². The van der Waals surface area contributed by atoms with E-state index in [1.807, 2.05) is 19.1 Å². The van der Waals surface area contributed by atoms with Crippen LogP contribution in [0.15, 0.2) is 18.3 Å². The molecule has 0 radical (unpaired) electrons. The fraction of sp³-hybridized carbons (Fsp3) is 0.688. The van der Waals surface area contributed by atoms with Crippen LogP contribution < -0.4 is 5.32 Å². The number of aryl methyl sites for hydroxylation is 1. The molecule has 0 aliphatic heterocycles. The molecule has 0 aromatic carbocycles. The highest BCUT2D eigenvalue weighted by molar-refractivity contribution is 5.17. The van der Waals surface area contributed by atoms with E-state index < -0.39 is 6.10 Å². The Morgan fingerprint density at radius 1 is 1.40 bits per heavy atom. The lowest BCUT2D eigenvalue weighted by Crippen LogP contribution is -2.32. The molecular weight excluding hydrogens is 252 g/mol. The van der Waals surface area contributed by atoms with Gasteiger partial charge < -0.3 is 15.2 Å². The van der Waals surface area contributed by atoms with Gasteiger partial charge in [-0.15, -0.1) is 0 Å². The minimum Gasteiger partial charge on any atom is -0.389 e. The van der Waals surface area contributed by atoms with Crippen LogP contribution in [0.4, 0.5) is 0 Å². The Hall–Kier alpha value is -0.970. The lowest BCUT2D eigenvalue weighted by molar-refractivity contribution is -0.0230. The second-order valence-corrected chi connectivity index (χ2v) is 5.65. The summed E-state index contributed by atoms with van der Waals surface area (Å²) in [5, 5.41) is 13.2. The maximum atomic E-state index is 9.92. The molecule has 1 atom stereocenters. The Labute approximate surface area is 121 Å². The fourth-order valence-electron chi connectivity index (χ4n) is 2.60. The zero-order valence-electron chi connectivity index (χ0n) is 12.3. The van der Waals surface area contributed by atoms with Crippen molar-refractivity contribution in [1.82, 2.24) is 10.3 Å². The number of aliphatic hydroxyl groups is 1. The van der Waals surface area contributed by atoms with E-state index in [-0.39, 0.29) is 0 Å². The van der Waals surface area contributed by atoms with Crippen LogP contribution in [0.5, 0.6) is 0 Å². The van der Waals surface area contributed by atoms with Gasteiger partial charge in [-0.05, 0) is 31.4 Å². The number of nitrogens with zero attached hydrogens (tertiary/aromatic N) is 1. The van der Waals surface area contributed by atoms with Crippen molar-refractivity contribution in [1.29, 1.82) is 0 Å². The van der Waals surface area contributed by atoms with E-state index in [0.717, 1.165) is 18.5 Å². The molecular formula is C16H26N2O2. The van der Waals surface area contributed by atoms with E-state index in [0.29, 0.717) is 25.8 Å². The Bertz CT molecular complexity index is 392. The zero-order chi connectivity index (χ0) is 14.2. The highest BCUT2D eigenvalue weighted by atomic mass is 16.5. The van der Waals surface area contributed by atoms with Crippen LogP contribution in [-0.4, -0.2) is 35.5 Å². The summed E-state index contributed by atoms with van der Waals surface area (Å²) in [7, 11) is 0. The van der Waals surface area contributed by atoms with Gasteiger partial charge in [0, 0.05) is 19.3 Å². The van der Waals surface area contributed by atoms with E-state index in [2.05, 4.69) is 10.3 Å². The van der Waals surface area contributed by atoms with Gasteiger partial charge in [-0.2, -0.15) is 0 Å². The van der Waals surface area contributed by atoms with Crippen LogP contribution in [0.2, 0.25) is 0 Å². The van der Waals surface area contributed by atoms with Crippen LogP contribution in [0.3, 0.4) is 0 Å². The topological polar surface area (TPSA) is 54.4 Å². The molecule has 4 nitrogen and oxygen atoms in total. The molecule has 1 aromatic rings. The van der Waals surface area contributed by atoms with Crippen molar-refractivity contribution in [3.8, 4) is 0 Å². The predicted octanol–water partition coefficient (Wildman–Crippen LogP) is 2.19. The lowest BCUT2D eigenvalue weighted by atomic mass is 9.98. The fourth-order valence-corrected chi connectivity index (χ4v) is 2.60. The van der Waals surface area contributed by atoms with Crippen molar-refractivity contribution in [2.75, 3.05) is 13.2 Å². The SMILES string of the molecule is Cc1cccnc1CNCC(O)COC1CCCCC1. The third-order valence-corrected chi connectivity index (χ3v) is 3.87. The summed E-state index contributed by atoms with van der Waals surface area (Å²) in [5.41, 5.74) is 2.21. The second kappa shape index (κ2) is 8.35. The predicted molar refractivity (Wildman–Crippen MR) is 79.5 cm³/mol. The van der Waals surface area contributed by atoms with Crippen LogP contribution in [-0.2, 0) is 11.3 Å². The average molecular weight is 278 g/mol. The van der Waals surface area contributed by atoms with Gasteiger partial charge in [-0.25, -0.2) is 0 Å². The molecule has 2 N–H and O–H groups in total. The maximum absolute atomic E-state index is 9.92. The Balaban J connectivity index is 1.60. The summed E-state index contributed by atoms with van der Waals surface area (Å²) in [6, 6.07) is 3.98. The number of rotatable bonds is 7. The number of aromatic nitrogens is 1. The van der Waals surface area contributed by atoms with E-state index >= 15 is 0 Å². The molecule has 1 fully saturated rings. The maximum Gasteiger partial charge on any atom is 0.0897 e. The van der Waals surface area contributed by atoms with Gasteiger partial charge in [0.25, 0.3) is 0 Å². The third kappa shape index (κ3) is 5.19. The van der Waals surface area contributed by atoms with Crippen LogP contribution >= 0.6 is 0 Å². The third-order valence-electron chi connectivity index (χ3n) is 3.87. The summed E-state index contributed by atoms with van der Waals surface area (Å²) in [5.74, 6) is 0. The monoisotopic (exact) mass is 278 g/mol. The van der Waals surface area contributed by atoms with Crippen molar-refractivity contribution in [2.24, 2.45) is 0 Å². The molecule has 4 heteroatoms. The number of pyridine rings is 1. The standard InChI is InChI=1S/C16H26N2O2/c1-13-6-5-9-18-16(13)11-17-10-14(19)12-20-15-7-3-2-4-8-15/h5-6,9,14-15,17,19H,2-4,7-8,10-12H2,1H3. The molecule has 0 spiro atoms. The number of hydrogen-bond donors (Lipinski definition) is 2.